The van der Waals surface area contributed by atoms with Crippen molar-refractivity contribution in [3.05, 3.63) is 70.8 Å². The Bertz CT molecular complexity index is 1430. The van der Waals surface area contributed by atoms with E-state index in [0.717, 1.165) is 29.2 Å². The molecule has 1 heterocycles. The molecule has 3 aliphatic rings. The van der Waals surface area contributed by atoms with Gasteiger partial charge in [-0.1, -0.05) is 25.1 Å². The minimum Gasteiger partial charge on any atom is -0.481 e. The molecular weight excluding hydrogens is 598 g/mol. The number of rotatable bonds is 8. The Morgan fingerprint density at radius 3 is 1.98 bits per heavy atom. The molecule has 2 N–H and O–H groups in total. The molecule has 4 unspecified atom stereocenters. The highest BCUT2D eigenvalue weighted by Gasteiger charge is 2.81. The number of fused-ring (bicyclic) bond motifs is 2. The predicted molar refractivity (Wildman–Crippen MR) is 132 cm³/mol. The van der Waals surface area contributed by atoms with E-state index in [9.17, 15) is 54.3 Å². The van der Waals surface area contributed by atoms with Gasteiger partial charge in [0.05, 0.1) is 0 Å². The highest BCUT2D eigenvalue weighted by Crippen LogP contribution is 2.65. The van der Waals surface area contributed by atoms with E-state index in [1.807, 2.05) is 0 Å². The first-order valence-corrected chi connectivity index (χ1v) is 12.6. The van der Waals surface area contributed by atoms with Gasteiger partial charge in [-0.25, -0.2) is 13.6 Å². The Morgan fingerprint density at radius 1 is 1.05 bits per heavy atom. The van der Waals surface area contributed by atoms with Gasteiger partial charge in [0.2, 0.25) is 0 Å². The second-order valence-corrected chi connectivity index (χ2v) is 10.6. The van der Waals surface area contributed by atoms with Gasteiger partial charge >= 0.3 is 29.7 Å². The van der Waals surface area contributed by atoms with Crippen LogP contribution in [0.5, 0.6) is 0 Å². The van der Waals surface area contributed by atoms with Crippen LogP contribution >= 0.6 is 0 Å². The number of carbonyl (C=O) groups excluding carboxylic acids is 2. The molecule has 2 bridgehead atoms. The largest absolute Gasteiger partial charge is 0.481 e. The van der Waals surface area contributed by atoms with Crippen LogP contribution in [0.1, 0.15) is 38.2 Å². The lowest BCUT2D eigenvalue weighted by atomic mass is 9.68. The molecule has 4 rings (SSSR count). The topological polar surface area (TPSA) is 112 Å². The molecule has 43 heavy (non-hydrogen) atoms. The summed E-state index contributed by atoms with van der Waals surface area (Å²) in [4.78, 5) is 46.7. The standard InChI is InChI=1S/C16H13F2NO4.C12H12F6O2/c1-8(15-11(17)4-3-5-12(15)18)9(7-14(21)22)10-6-13(20)19(2)16(10)23;1-9(13,14)11(15,16)12(17,18)10(8(19)20)5-6-2-3-7(10)4-6/h3-8H,1-2H3,(H,21,22);2-3,6-7H,4-5H2,1H3,(H,19,20). The van der Waals surface area contributed by atoms with Crippen molar-refractivity contribution in [2.24, 2.45) is 17.3 Å². The highest BCUT2D eigenvalue weighted by molar-refractivity contribution is 6.18. The monoisotopic (exact) mass is 623 g/mol. The summed E-state index contributed by atoms with van der Waals surface area (Å²) in [6, 6.07) is 3.25. The van der Waals surface area contributed by atoms with Crippen LogP contribution in [0.4, 0.5) is 35.1 Å². The highest BCUT2D eigenvalue weighted by atomic mass is 19.3. The lowest BCUT2D eigenvalue weighted by molar-refractivity contribution is -0.338. The molecule has 2 amide bonds. The normalized spacial score (nSPS) is 24.6. The number of hydrogen-bond donors (Lipinski definition) is 2. The SMILES string of the molecule is CC(C(=CC(=O)O)C1=CC(=O)N(C)C1=O)c1c(F)cccc1F.CC(F)(F)C(F)(F)C(F)(F)C1(C(=O)O)CC2C=CC1C2. The number of alkyl halides is 6. The number of nitrogens with zero attached hydrogens (tertiary/aromatic N) is 1. The van der Waals surface area contributed by atoms with Crippen molar-refractivity contribution >= 4 is 23.8 Å². The Kier molecular flexibility index (Phi) is 8.74. The number of halogens is 8. The van der Waals surface area contributed by atoms with Crippen molar-refractivity contribution in [2.45, 2.75) is 50.4 Å². The van der Waals surface area contributed by atoms with Gasteiger partial charge in [0.25, 0.3) is 11.8 Å². The average molecular weight is 623 g/mol. The number of imide groups is 1. The van der Waals surface area contributed by atoms with Gasteiger partial charge < -0.3 is 10.2 Å². The van der Waals surface area contributed by atoms with Crippen LogP contribution < -0.4 is 0 Å². The maximum atomic E-state index is 14.1. The van der Waals surface area contributed by atoms with E-state index in [1.54, 1.807) is 0 Å². The first-order chi connectivity index (χ1) is 19.6. The van der Waals surface area contributed by atoms with Crippen LogP contribution in [0, 0.1) is 28.9 Å². The average Bonchev–Trinajstić information content (AvgIpc) is 3.57. The Morgan fingerprint density at radius 2 is 1.60 bits per heavy atom. The second-order valence-electron chi connectivity index (χ2n) is 10.6. The quantitative estimate of drug-likeness (QED) is 0.169. The molecule has 1 aliphatic heterocycles. The lowest BCUT2D eigenvalue weighted by Gasteiger charge is -2.43. The van der Waals surface area contributed by atoms with E-state index >= 15 is 0 Å². The van der Waals surface area contributed by atoms with Crippen LogP contribution in [-0.4, -0.2) is 63.7 Å². The summed E-state index contributed by atoms with van der Waals surface area (Å²) < 4.78 is 109. The number of amides is 2. The molecule has 1 fully saturated rings. The second kappa shape index (κ2) is 11.2. The minimum absolute atomic E-state index is 0.0345. The molecule has 2 aliphatic carbocycles. The van der Waals surface area contributed by atoms with Crippen molar-refractivity contribution < 1.29 is 64.5 Å². The number of allylic oxidation sites excluding steroid dienone is 2. The van der Waals surface area contributed by atoms with Crippen LogP contribution in [0.2, 0.25) is 0 Å². The third kappa shape index (κ3) is 5.44. The zero-order chi connectivity index (χ0) is 32.9. The summed E-state index contributed by atoms with van der Waals surface area (Å²) in [7, 11) is 1.24. The molecule has 0 spiro atoms. The third-order valence-electron chi connectivity index (χ3n) is 7.90. The van der Waals surface area contributed by atoms with Gasteiger partial charge in [0.15, 0.2) is 0 Å². The maximum absolute atomic E-state index is 14.1. The summed E-state index contributed by atoms with van der Waals surface area (Å²) in [5.74, 6) is -25.8. The molecule has 234 valence electrons. The number of carboxylic acid groups (broad SMARTS) is 2. The molecular formula is C28H25F8NO6. The first kappa shape index (κ1) is 33.5. The number of carboxylic acids is 2. The number of likely N-dealkylation sites (N-methyl/N-ethyl adjacent to an activating group) is 1. The molecule has 1 saturated carbocycles. The van der Waals surface area contributed by atoms with E-state index in [0.29, 0.717) is 6.08 Å². The number of carbonyl (C=O) groups is 4. The van der Waals surface area contributed by atoms with Gasteiger partial charge in [-0.15, -0.1) is 0 Å². The third-order valence-corrected chi connectivity index (χ3v) is 7.90. The lowest BCUT2D eigenvalue weighted by Crippen LogP contribution is -2.64. The van der Waals surface area contributed by atoms with Crippen LogP contribution in [0.25, 0.3) is 0 Å². The zero-order valence-corrected chi connectivity index (χ0v) is 22.7. The number of aliphatic carboxylic acids is 2. The molecule has 4 atom stereocenters. The summed E-state index contributed by atoms with van der Waals surface area (Å²) >= 11 is 0. The van der Waals surface area contributed by atoms with Gasteiger partial charge in [-0.2, -0.15) is 26.3 Å². The fourth-order valence-electron chi connectivity index (χ4n) is 5.57. The van der Waals surface area contributed by atoms with Crippen molar-refractivity contribution in [3.63, 3.8) is 0 Å². The van der Waals surface area contributed by atoms with Crippen LogP contribution in [0.3, 0.4) is 0 Å². The van der Waals surface area contributed by atoms with Gasteiger partial charge in [-0.3, -0.25) is 19.3 Å². The fraction of sp³-hybridized carbons (Fsp3) is 0.429. The molecule has 0 radical (unpaired) electrons. The van der Waals surface area contributed by atoms with Crippen LogP contribution in [-0.2, 0) is 19.2 Å². The first-order valence-electron chi connectivity index (χ1n) is 12.6. The summed E-state index contributed by atoms with van der Waals surface area (Å²) in [6.45, 7) is 1.03. The molecule has 1 aromatic rings. The molecule has 0 aromatic heterocycles. The Labute approximate surface area is 239 Å². The van der Waals surface area contributed by atoms with Crippen molar-refractivity contribution in [1.29, 1.82) is 0 Å². The summed E-state index contributed by atoms with van der Waals surface area (Å²) in [5.41, 5.74) is -3.87. The van der Waals surface area contributed by atoms with E-state index in [4.69, 9.17) is 10.2 Å². The molecule has 15 heteroatoms. The zero-order valence-electron chi connectivity index (χ0n) is 22.7. The number of hydrogen-bond acceptors (Lipinski definition) is 4. The van der Waals surface area contributed by atoms with E-state index in [2.05, 4.69) is 0 Å². The maximum Gasteiger partial charge on any atom is 0.372 e. The smallest absolute Gasteiger partial charge is 0.372 e. The molecule has 1 aromatic carbocycles. The van der Waals surface area contributed by atoms with E-state index in [-0.39, 0.29) is 30.1 Å². The Balaban J connectivity index is 0.000000238. The van der Waals surface area contributed by atoms with Gasteiger partial charge in [0.1, 0.15) is 17.0 Å². The molecule has 0 saturated heterocycles. The van der Waals surface area contributed by atoms with Gasteiger partial charge in [-0.05, 0) is 42.4 Å². The number of benzene rings is 1. The van der Waals surface area contributed by atoms with E-state index in [1.165, 1.54) is 26.1 Å². The van der Waals surface area contributed by atoms with Crippen molar-refractivity contribution in [1.82, 2.24) is 4.90 Å². The predicted octanol–water partition coefficient (Wildman–Crippen LogP) is 5.58. The van der Waals surface area contributed by atoms with Gasteiger partial charge in [0, 0.05) is 43.2 Å². The summed E-state index contributed by atoms with van der Waals surface area (Å²) in [5, 5.41) is 18.1. The Hall–Kier alpha value is -4.04. The van der Waals surface area contributed by atoms with Crippen molar-refractivity contribution in [2.75, 3.05) is 7.05 Å². The minimum atomic E-state index is -5.74. The van der Waals surface area contributed by atoms with Crippen LogP contribution in [0.15, 0.2) is 53.6 Å². The van der Waals surface area contributed by atoms with Crippen molar-refractivity contribution in [3.8, 4) is 0 Å². The molecule has 7 nitrogen and oxygen atoms in total. The summed E-state index contributed by atoms with van der Waals surface area (Å²) in [6.07, 6.45) is 3.43. The fourth-order valence-corrected chi connectivity index (χ4v) is 5.57. The van der Waals surface area contributed by atoms with E-state index < -0.39 is 82.7 Å².